The van der Waals surface area contributed by atoms with Gasteiger partial charge in [0.25, 0.3) is 0 Å². The fraction of sp³-hybridized carbons (Fsp3) is 0.400. The SMILES string of the molecule is CC(=O)/C=C\C=C/NOC(=O)C(C)C. The Hall–Kier alpha value is -1.58. The van der Waals surface area contributed by atoms with Crippen LogP contribution in [0.5, 0.6) is 0 Å². The van der Waals surface area contributed by atoms with Crippen LogP contribution in [0.3, 0.4) is 0 Å². The molecule has 0 aromatic carbocycles. The van der Waals surface area contributed by atoms with Gasteiger partial charge in [-0.3, -0.25) is 4.79 Å². The predicted octanol–water partition coefficient (Wildman–Crippen LogP) is 1.35. The normalized spacial score (nSPS) is 11.1. The maximum Gasteiger partial charge on any atom is 0.334 e. The second kappa shape index (κ2) is 6.88. The van der Waals surface area contributed by atoms with E-state index in [1.807, 2.05) is 0 Å². The van der Waals surface area contributed by atoms with E-state index >= 15 is 0 Å². The van der Waals surface area contributed by atoms with Crippen molar-refractivity contribution in [1.29, 1.82) is 0 Å². The van der Waals surface area contributed by atoms with Gasteiger partial charge < -0.3 is 4.84 Å². The van der Waals surface area contributed by atoms with Crippen molar-refractivity contribution in [2.75, 3.05) is 0 Å². The predicted molar refractivity (Wildman–Crippen MR) is 53.0 cm³/mol. The number of nitrogens with one attached hydrogen (secondary N) is 1. The average Bonchev–Trinajstić information content (AvgIpc) is 2.09. The highest BCUT2D eigenvalue weighted by Gasteiger charge is 2.06. The molecule has 1 N–H and O–H groups in total. The van der Waals surface area contributed by atoms with Gasteiger partial charge in [-0.2, -0.15) is 0 Å². The Morgan fingerprint density at radius 3 is 2.43 bits per heavy atom. The molecule has 0 aromatic rings. The first-order chi connectivity index (χ1) is 6.54. The summed E-state index contributed by atoms with van der Waals surface area (Å²) in [5.41, 5.74) is 2.35. The maximum absolute atomic E-state index is 10.9. The van der Waals surface area contributed by atoms with Gasteiger partial charge in [-0.1, -0.05) is 19.9 Å². The fourth-order valence-corrected chi connectivity index (χ4v) is 0.496. The number of rotatable bonds is 5. The van der Waals surface area contributed by atoms with Crippen LogP contribution in [0.25, 0.3) is 0 Å². The van der Waals surface area contributed by atoms with Gasteiger partial charge in [0, 0.05) is 6.20 Å². The van der Waals surface area contributed by atoms with Gasteiger partial charge in [0.05, 0.1) is 5.92 Å². The van der Waals surface area contributed by atoms with E-state index < -0.39 is 0 Å². The molecule has 0 saturated carbocycles. The first-order valence-corrected chi connectivity index (χ1v) is 4.34. The number of hydroxylamine groups is 1. The van der Waals surface area contributed by atoms with E-state index in [-0.39, 0.29) is 17.7 Å². The van der Waals surface area contributed by atoms with Crippen molar-refractivity contribution in [2.45, 2.75) is 20.8 Å². The highest BCUT2D eigenvalue weighted by molar-refractivity contribution is 5.87. The lowest BCUT2D eigenvalue weighted by Crippen LogP contribution is -2.18. The third kappa shape index (κ3) is 7.09. The van der Waals surface area contributed by atoms with Crippen molar-refractivity contribution in [3.8, 4) is 0 Å². The summed E-state index contributed by atoms with van der Waals surface area (Å²) >= 11 is 0. The van der Waals surface area contributed by atoms with Crippen molar-refractivity contribution in [3.05, 3.63) is 24.4 Å². The molecule has 0 aliphatic heterocycles. The first-order valence-electron chi connectivity index (χ1n) is 4.34. The summed E-state index contributed by atoms with van der Waals surface area (Å²) in [5, 5.41) is 0. The smallest absolute Gasteiger partial charge is 0.334 e. The summed E-state index contributed by atoms with van der Waals surface area (Å²) in [6.45, 7) is 4.93. The quantitative estimate of drug-likeness (QED) is 0.410. The van der Waals surface area contributed by atoms with Gasteiger partial charge in [0.15, 0.2) is 5.78 Å². The molecule has 0 fully saturated rings. The Morgan fingerprint density at radius 1 is 1.29 bits per heavy atom. The fourth-order valence-electron chi connectivity index (χ4n) is 0.496. The second-order valence-electron chi connectivity index (χ2n) is 3.02. The van der Waals surface area contributed by atoms with Crippen LogP contribution >= 0.6 is 0 Å². The topological polar surface area (TPSA) is 55.4 Å². The van der Waals surface area contributed by atoms with Crippen LogP contribution in [0.15, 0.2) is 24.4 Å². The lowest BCUT2D eigenvalue weighted by molar-refractivity contribution is -0.152. The van der Waals surface area contributed by atoms with Crippen LogP contribution in [0, 0.1) is 5.92 Å². The Balaban J connectivity index is 3.64. The molecule has 78 valence electrons. The third-order valence-electron chi connectivity index (χ3n) is 1.24. The van der Waals surface area contributed by atoms with Gasteiger partial charge in [-0.25, -0.2) is 10.3 Å². The Bertz CT molecular complexity index is 254. The third-order valence-corrected chi connectivity index (χ3v) is 1.24. The van der Waals surface area contributed by atoms with Gasteiger partial charge in [0.1, 0.15) is 0 Å². The molecule has 0 heterocycles. The van der Waals surface area contributed by atoms with Crippen LogP contribution in [-0.2, 0) is 14.4 Å². The highest BCUT2D eigenvalue weighted by Crippen LogP contribution is 1.92. The molecule has 0 aliphatic carbocycles. The molecule has 0 radical (unpaired) electrons. The maximum atomic E-state index is 10.9. The van der Waals surface area contributed by atoms with E-state index in [1.165, 1.54) is 19.2 Å². The molecular weight excluding hydrogens is 182 g/mol. The van der Waals surface area contributed by atoms with E-state index in [0.29, 0.717) is 0 Å². The van der Waals surface area contributed by atoms with Crippen molar-refractivity contribution >= 4 is 11.8 Å². The lowest BCUT2D eigenvalue weighted by atomic mass is 10.2. The van der Waals surface area contributed by atoms with Crippen LogP contribution in [0.4, 0.5) is 0 Å². The van der Waals surface area contributed by atoms with Crippen molar-refractivity contribution in [3.63, 3.8) is 0 Å². The summed E-state index contributed by atoms with van der Waals surface area (Å²) in [7, 11) is 0. The molecule has 4 heteroatoms. The number of hydrogen-bond donors (Lipinski definition) is 1. The van der Waals surface area contributed by atoms with Gasteiger partial charge >= 0.3 is 5.97 Å². The van der Waals surface area contributed by atoms with Crippen molar-refractivity contribution in [1.82, 2.24) is 5.48 Å². The van der Waals surface area contributed by atoms with Crippen LogP contribution in [0.1, 0.15) is 20.8 Å². The summed E-state index contributed by atoms with van der Waals surface area (Å²) < 4.78 is 0. The van der Waals surface area contributed by atoms with E-state index in [4.69, 9.17) is 0 Å². The minimum absolute atomic E-state index is 0.0335. The Kier molecular flexibility index (Phi) is 6.11. The molecule has 0 aliphatic rings. The number of carbonyl (C=O) groups is 2. The monoisotopic (exact) mass is 197 g/mol. The Morgan fingerprint density at radius 2 is 1.93 bits per heavy atom. The molecule has 0 rings (SSSR count). The van der Waals surface area contributed by atoms with Gasteiger partial charge in [0.2, 0.25) is 0 Å². The molecule has 0 amide bonds. The average molecular weight is 197 g/mol. The van der Waals surface area contributed by atoms with E-state index in [0.717, 1.165) is 0 Å². The summed E-state index contributed by atoms with van der Waals surface area (Å²) in [6.07, 6.45) is 5.95. The summed E-state index contributed by atoms with van der Waals surface area (Å²) in [4.78, 5) is 26.0. The molecule has 0 unspecified atom stereocenters. The van der Waals surface area contributed by atoms with Gasteiger partial charge in [-0.15, -0.1) is 0 Å². The van der Waals surface area contributed by atoms with E-state index in [9.17, 15) is 9.59 Å². The zero-order valence-electron chi connectivity index (χ0n) is 8.61. The number of hydrogen-bond acceptors (Lipinski definition) is 4. The molecular formula is C10H15NO3. The summed E-state index contributed by atoms with van der Waals surface area (Å²) in [6, 6.07) is 0. The number of carbonyl (C=O) groups excluding carboxylic acids is 2. The zero-order valence-corrected chi connectivity index (χ0v) is 8.61. The lowest BCUT2D eigenvalue weighted by Gasteiger charge is -2.03. The van der Waals surface area contributed by atoms with Crippen molar-refractivity contribution < 1.29 is 14.4 Å². The zero-order chi connectivity index (χ0) is 11.0. The minimum Gasteiger partial charge on any atom is -0.344 e. The molecule has 0 aromatic heterocycles. The molecule has 0 atom stereocenters. The largest absolute Gasteiger partial charge is 0.344 e. The van der Waals surface area contributed by atoms with Crippen LogP contribution in [-0.4, -0.2) is 11.8 Å². The number of allylic oxidation sites excluding steroid dienone is 3. The molecule has 0 spiro atoms. The molecule has 0 bridgehead atoms. The van der Waals surface area contributed by atoms with Crippen LogP contribution < -0.4 is 5.48 Å². The second-order valence-corrected chi connectivity index (χ2v) is 3.02. The molecule has 4 nitrogen and oxygen atoms in total. The van der Waals surface area contributed by atoms with E-state index in [1.54, 1.807) is 26.0 Å². The Labute approximate surface area is 83.6 Å². The highest BCUT2D eigenvalue weighted by atomic mass is 16.7. The first kappa shape index (κ1) is 12.4. The molecule has 0 saturated heterocycles. The molecule has 14 heavy (non-hydrogen) atoms. The minimum atomic E-state index is -0.329. The summed E-state index contributed by atoms with van der Waals surface area (Å²) in [5.74, 6) is -0.525. The van der Waals surface area contributed by atoms with Gasteiger partial charge in [-0.05, 0) is 19.1 Å². The van der Waals surface area contributed by atoms with Crippen LogP contribution in [0.2, 0.25) is 0 Å². The standard InChI is InChI=1S/C10H15NO3/c1-8(2)10(13)14-11-7-5-4-6-9(3)12/h4-8,11H,1-3H3/b6-4-,7-5-. The number of ketones is 1. The van der Waals surface area contributed by atoms with Crippen molar-refractivity contribution in [2.24, 2.45) is 5.92 Å². The van der Waals surface area contributed by atoms with E-state index in [2.05, 4.69) is 10.3 Å².